The van der Waals surface area contributed by atoms with Crippen LogP contribution in [-0.4, -0.2) is 49.8 Å². The maximum atomic E-state index is 13.1. The fourth-order valence-electron chi connectivity index (χ4n) is 3.69. The summed E-state index contributed by atoms with van der Waals surface area (Å²) < 4.78 is 32.6. The lowest BCUT2D eigenvalue weighted by molar-refractivity contribution is -0.147. The number of hydrogen-bond acceptors (Lipinski definition) is 5. The van der Waals surface area contributed by atoms with Gasteiger partial charge in [0, 0.05) is 13.0 Å². The first-order valence-corrected chi connectivity index (χ1v) is 11.9. The molecule has 31 heavy (non-hydrogen) atoms. The molecule has 1 N–H and O–H groups in total. The SMILES string of the molecule is CCOC(=O)[C@H](Cc1ccccc1)NC(=O)[C@@H]1CCCN1S(=O)(=O)c1ccc(C)cc1. The summed E-state index contributed by atoms with van der Waals surface area (Å²) in [4.78, 5) is 25.7. The molecule has 2 atom stereocenters. The van der Waals surface area contributed by atoms with Crippen LogP contribution in [-0.2, 0) is 30.8 Å². The molecule has 0 saturated carbocycles. The van der Waals surface area contributed by atoms with Gasteiger partial charge >= 0.3 is 5.97 Å². The van der Waals surface area contributed by atoms with Crippen LogP contribution in [0.4, 0.5) is 0 Å². The van der Waals surface area contributed by atoms with E-state index in [1.807, 2.05) is 37.3 Å². The molecule has 0 unspecified atom stereocenters. The molecule has 0 bridgehead atoms. The summed E-state index contributed by atoms with van der Waals surface area (Å²) >= 11 is 0. The molecule has 166 valence electrons. The van der Waals surface area contributed by atoms with Crippen LogP contribution < -0.4 is 5.32 Å². The standard InChI is InChI=1S/C23H28N2O5S/c1-3-30-23(27)20(16-18-8-5-4-6-9-18)24-22(26)21-10-7-15-25(21)31(28,29)19-13-11-17(2)12-14-19/h4-6,8-9,11-14,20-21H,3,7,10,15-16H2,1-2H3,(H,24,26)/t20-,21-/m0/s1. The molecule has 2 aromatic carbocycles. The average molecular weight is 445 g/mol. The number of carbonyl (C=O) groups excluding carboxylic acids is 2. The monoisotopic (exact) mass is 444 g/mol. The van der Waals surface area contributed by atoms with Crippen molar-refractivity contribution in [2.45, 2.75) is 50.1 Å². The quantitative estimate of drug-likeness (QED) is 0.632. The molecule has 0 aliphatic carbocycles. The Labute approximate surface area is 183 Å². The van der Waals surface area contributed by atoms with Gasteiger partial charge in [0.2, 0.25) is 15.9 Å². The van der Waals surface area contributed by atoms with Gasteiger partial charge < -0.3 is 10.1 Å². The first-order chi connectivity index (χ1) is 14.8. The summed E-state index contributed by atoms with van der Waals surface area (Å²) in [6, 6.07) is 14.1. The Morgan fingerprint density at radius 3 is 2.45 bits per heavy atom. The van der Waals surface area contributed by atoms with Crippen LogP contribution in [0.2, 0.25) is 0 Å². The van der Waals surface area contributed by atoms with Gasteiger partial charge in [-0.1, -0.05) is 48.0 Å². The molecular weight excluding hydrogens is 416 g/mol. The summed E-state index contributed by atoms with van der Waals surface area (Å²) in [5, 5.41) is 2.74. The molecule has 1 heterocycles. The van der Waals surface area contributed by atoms with Crippen LogP contribution in [0.1, 0.15) is 30.9 Å². The number of nitrogens with one attached hydrogen (secondary N) is 1. The number of benzene rings is 2. The minimum absolute atomic E-state index is 0.157. The lowest BCUT2D eigenvalue weighted by Gasteiger charge is -2.25. The van der Waals surface area contributed by atoms with Gasteiger partial charge in [-0.15, -0.1) is 0 Å². The lowest BCUT2D eigenvalue weighted by atomic mass is 10.1. The normalized spacial score (nSPS) is 17.8. The van der Waals surface area contributed by atoms with Crippen molar-refractivity contribution < 1.29 is 22.7 Å². The number of aryl methyl sites for hydroxylation is 1. The second-order valence-electron chi connectivity index (χ2n) is 7.59. The Morgan fingerprint density at radius 2 is 1.81 bits per heavy atom. The molecule has 7 nitrogen and oxygen atoms in total. The van der Waals surface area contributed by atoms with Crippen LogP contribution in [0.25, 0.3) is 0 Å². The second kappa shape index (κ2) is 10.1. The Hall–Kier alpha value is -2.71. The first-order valence-electron chi connectivity index (χ1n) is 10.4. The summed E-state index contributed by atoms with van der Waals surface area (Å²) in [7, 11) is -3.82. The highest BCUT2D eigenvalue weighted by Gasteiger charge is 2.40. The number of esters is 1. The van der Waals surface area contributed by atoms with Crippen molar-refractivity contribution in [2.24, 2.45) is 0 Å². The van der Waals surface area contributed by atoms with Crippen molar-refractivity contribution in [3.63, 3.8) is 0 Å². The maximum absolute atomic E-state index is 13.1. The Bertz CT molecular complexity index is 1010. The van der Waals surface area contributed by atoms with Crippen LogP contribution in [0, 0.1) is 6.92 Å². The van der Waals surface area contributed by atoms with Gasteiger partial charge in [-0.05, 0) is 44.4 Å². The molecule has 1 saturated heterocycles. The fraction of sp³-hybridized carbons (Fsp3) is 0.391. The lowest BCUT2D eigenvalue weighted by Crippen LogP contribution is -2.51. The maximum Gasteiger partial charge on any atom is 0.328 e. The van der Waals surface area contributed by atoms with Crippen molar-refractivity contribution in [2.75, 3.05) is 13.2 Å². The number of amides is 1. The zero-order chi connectivity index (χ0) is 22.4. The largest absolute Gasteiger partial charge is 0.464 e. The predicted octanol–water partition coefficient (Wildman–Crippen LogP) is 2.44. The van der Waals surface area contributed by atoms with Gasteiger partial charge in [0.1, 0.15) is 12.1 Å². The van der Waals surface area contributed by atoms with Crippen LogP contribution in [0.5, 0.6) is 0 Å². The van der Waals surface area contributed by atoms with Crippen molar-refractivity contribution in [3.8, 4) is 0 Å². The molecule has 1 aliphatic heterocycles. The van der Waals surface area contributed by atoms with Gasteiger partial charge in [0.25, 0.3) is 0 Å². The second-order valence-corrected chi connectivity index (χ2v) is 9.48. The third-order valence-electron chi connectivity index (χ3n) is 5.30. The van der Waals surface area contributed by atoms with Crippen molar-refractivity contribution in [1.29, 1.82) is 0 Å². The number of ether oxygens (including phenoxy) is 1. The van der Waals surface area contributed by atoms with E-state index < -0.39 is 34.0 Å². The number of nitrogens with zero attached hydrogens (tertiary/aromatic N) is 1. The number of carbonyl (C=O) groups is 2. The van der Waals surface area contributed by atoms with E-state index in [9.17, 15) is 18.0 Å². The Kier molecular flexibility index (Phi) is 7.46. The van der Waals surface area contributed by atoms with Gasteiger partial charge in [0.05, 0.1) is 11.5 Å². The highest BCUT2D eigenvalue weighted by atomic mass is 32.2. The van der Waals surface area contributed by atoms with E-state index in [2.05, 4.69) is 5.32 Å². The van der Waals surface area contributed by atoms with E-state index in [0.29, 0.717) is 12.8 Å². The van der Waals surface area contributed by atoms with Crippen molar-refractivity contribution in [1.82, 2.24) is 9.62 Å². The van der Waals surface area contributed by atoms with E-state index in [1.54, 1.807) is 31.2 Å². The Balaban J connectivity index is 1.78. The van der Waals surface area contributed by atoms with E-state index >= 15 is 0 Å². The molecular formula is C23H28N2O5S. The highest BCUT2D eigenvalue weighted by Crippen LogP contribution is 2.26. The summed E-state index contributed by atoms with van der Waals surface area (Å²) in [5.41, 5.74) is 1.82. The number of hydrogen-bond donors (Lipinski definition) is 1. The zero-order valence-corrected chi connectivity index (χ0v) is 18.6. The smallest absolute Gasteiger partial charge is 0.328 e. The molecule has 0 radical (unpaired) electrons. The molecule has 1 amide bonds. The number of sulfonamides is 1. The highest BCUT2D eigenvalue weighted by molar-refractivity contribution is 7.89. The van der Waals surface area contributed by atoms with Gasteiger partial charge in [-0.25, -0.2) is 13.2 Å². The van der Waals surface area contributed by atoms with E-state index in [4.69, 9.17) is 4.74 Å². The Morgan fingerprint density at radius 1 is 1.13 bits per heavy atom. The molecule has 0 aromatic heterocycles. The van der Waals surface area contributed by atoms with Gasteiger partial charge in [0.15, 0.2) is 0 Å². The topological polar surface area (TPSA) is 92.8 Å². The van der Waals surface area contributed by atoms with Crippen molar-refractivity contribution in [3.05, 3.63) is 65.7 Å². The zero-order valence-electron chi connectivity index (χ0n) is 17.8. The van der Waals surface area contributed by atoms with E-state index in [1.165, 1.54) is 4.31 Å². The first kappa shape index (κ1) is 23.0. The molecule has 8 heteroatoms. The summed E-state index contributed by atoms with van der Waals surface area (Å²) in [6.07, 6.45) is 1.24. The third-order valence-corrected chi connectivity index (χ3v) is 7.23. The minimum atomic E-state index is -3.82. The summed E-state index contributed by atoms with van der Waals surface area (Å²) in [6.45, 7) is 4.03. The molecule has 1 fully saturated rings. The van der Waals surface area contributed by atoms with E-state index in [-0.39, 0.29) is 24.5 Å². The number of rotatable bonds is 8. The van der Waals surface area contributed by atoms with Crippen LogP contribution in [0.3, 0.4) is 0 Å². The molecule has 2 aromatic rings. The summed E-state index contributed by atoms with van der Waals surface area (Å²) in [5.74, 6) is -1.02. The minimum Gasteiger partial charge on any atom is -0.464 e. The van der Waals surface area contributed by atoms with Gasteiger partial charge in [-0.2, -0.15) is 4.31 Å². The molecule has 1 aliphatic rings. The average Bonchev–Trinajstić information content (AvgIpc) is 3.25. The fourth-order valence-corrected chi connectivity index (χ4v) is 5.35. The van der Waals surface area contributed by atoms with Crippen LogP contribution >= 0.6 is 0 Å². The molecule has 0 spiro atoms. The molecule has 3 rings (SSSR count). The van der Waals surface area contributed by atoms with Crippen molar-refractivity contribution >= 4 is 21.9 Å². The van der Waals surface area contributed by atoms with Crippen LogP contribution in [0.15, 0.2) is 59.5 Å². The third kappa shape index (κ3) is 5.51. The van der Waals surface area contributed by atoms with Gasteiger partial charge in [-0.3, -0.25) is 4.79 Å². The predicted molar refractivity (Wildman–Crippen MR) is 117 cm³/mol. The van der Waals surface area contributed by atoms with E-state index in [0.717, 1.165) is 11.1 Å².